The molecular formula is C23H23F3NO2+. The largest absolute Gasteiger partial charge is 0.459 e. The van der Waals surface area contributed by atoms with E-state index < -0.39 is 29.4 Å². The average molecular weight is 402 g/mol. The lowest BCUT2D eigenvalue weighted by Gasteiger charge is -2.41. The van der Waals surface area contributed by atoms with E-state index in [1.165, 1.54) is 30.0 Å². The standard InChI is InChI=1S/C23H23F3NO2/c1-27(2)19-11-12-20(27)14-21(13-19)29-22(28)23(26,15-3-7-17(24)8-4-15)16-5-9-18(25)10-6-16/h3-11,20-21H,12-14H2,1-2H3/q+1/t20?,21-/m1/s1. The van der Waals surface area contributed by atoms with Gasteiger partial charge in [0.25, 0.3) is 5.67 Å². The number of quaternary nitrogens is 1. The SMILES string of the molecule is C[N+]1(C)C2=CCC1C[C@H](OC(=O)C(F)(c1ccc(F)cc1)c1ccc(F)cc1)C2. The molecule has 29 heavy (non-hydrogen) atoms. The zero-order chi connectivity index (χ0) is 20.8. The number of ether oxygens (including phenoxy) is 1. The molecule has 0 N–H and O–H groups in total. The minimum absolute atomic E-state index is 0.0513. The van der Waals surface area contributed by atoms with Crippen molar-refractivity contribution in [3.63, 3.8) is 0 Å². The number of hydrogen-bond donors (Lipinski definition) is 0. The van der Waals surface area contributed by atoms with Crippen molar-refractivity contribution in [2.45, 2.75) is 37.1 Å². The van der Waals surface area contributed by atoms with Crippen LogP contribution in [-0.4, -0.2) is 36.7 Å². The molecule has 0 radical (unpaired) electrons. The number of esters is 1. The van der Waals surface area contributed by atoms with Gasteiger partial charge in [0.15, 0.2) is 0 Å². The highest BCUT2D eigenvalue weighted by Crippen LogP contribution is 2.42. The van der Waals surface area contributed by atoms with E-state index in [9.17, 15) is 13.6 Å². The summed E-state index contributed by atoms with van der Waals surface area (Å²) >= 11 is 0. The molecule has 2 aromatic rings. The summed E-state index contributed by atoms with van der Waals surface area (Å²) < 4.78 is 49.5. The summed E-state index contributed by atoms with van der Waals surface area (Å²) in [6, 6.07) is 9.51. The number of alkyl halides is 1. The van der Waals surface area contributed by atoms with E-state index in [0.717, 1.165) is 35.2 Å². The lowest BCUT2D eigenvalue weighted by atomic mass is 9.87. The van der Waals surface area contributed by atoms with Crippen LogP contribution in [0.5, 0.6) is 0 Å². The number of carbonyl (C=O) groups is 1. The first kappa shape index (κ1) is 19.7. The molecule has 0 aliphatic carbocycles. The van der Waals surface area contributed by atoms with Gasteiger partial charge in [-0.1, -0.05) is 24.3 Å². The second kappa shape index (κ2) is 7.02. The van der Waals surface area contributed by atoms with Crippen molar-refractivity contribution in [1.82, 2.24) is 0 Å². The Hall–Kier alpha value is -2.60. The third kappa shape index (κ3) is 3.35. The fraction of sp³-hybridized carbons (Fsp3) is 0.348. The maximum absolute atomic E-state index is 16.3. The third-order valence-corrected chi connectivity index (χ3v) is 6.29. The second-order valence-electron chi connectivity index (χ2n) is 8.26. The zero-order valence-electron chi connectivity index (χ0n) is 16.4. The van der Waals surface area contributed by atoms with Crippen molar-refractivity contribution in [1.29, 1.82) is 0 Å². The Morgan fingerprint density at radius 1 is 1.00 bits per heavy atom. The normalized spacial score (nSPS) is 22.9. The van der Waals surface area contributed by atoms with Crippen molar-refractivity contribution in [2.24, 2.45) is 0 Å². The Balaban J connectivity index is 1.65. The molecule has 3 nitrogen and oxygen atoms in total. The van der Waals surface area contributed by atoms with Crippen LogP contribution in [-0.2, 0) is 15.2 Å². The molecule has 0 saturated carbocycles. The van der Waals surface area contributed by atoms with Gasteiger partial charge in [-0.25, -0.2) is 18.0 Å². The van der Waals surface area contributed by atoms with E-state index in [2.05, 4.69) is 20.2 Å². The molecule has 6 heteroatoms. The molecule has 0 spiro atoms. The molecule has 2 bridgehead atoms. The average Bonchev–Trinajstić information content (AvgIpc) is 2.85. The Morgan fingerprint density at radius 2 is 1.52 bits per heavy atom. The fourth-order valence-corrected chi connectivity index (χ4v) is 4.39. The van der Waals surface area contributed by atoms with Crippen molar-refractivity contribution >= 4 is 5.97 Å². The Labute approximate surface area is 168 Å². The number of nitrogens with zero attached hydrogens (tertiary/aromatic N) is 1. The summed E-state index contributed by atoms with van der Waals surface area (Å²) in [7, 11) is 4.25. The second-order valence-corrected chi connectivity index (χ2v) is 8.26. The number of halogens is 3. The molecule has 0 amide bonds. The van der Waals surface area contributed by atoms with Gasteiger partial charge in [0.1, 0.15) is 29.5 Å². The molecule has 2 aliphatic heterocycles. The Bertz CT molecular complexity index is 906. The predicted molar refractivity (Wildman–Crippen MR) is 102 cm³/mol. The van der Waals surface area contributed by atoms with Gasteiger partial charge >= 0.3 is 5.97 Å². The van der Waals surface area contributed by atoms with Crippen LogP contribution in [0.2, 0.25) is 0 Å². The van der Waals surface area contributed by atoms with Crippen molar-refractivity contribution in [2.75, 3.05) is 14.1 Å². The molecule has 152 valence electrons. The molecule has 4 rings (SSSR count). The third-order valence-electron chi connectivity index (χ3n) is 6.29. The molecule has 2 heterocycles. The van der Waals surface area contributed by atoms with Gasteiger partial charge in [0.05, 0.1) is 20.5 Å². The quantitative estimate of drug-likeness (QED) is 0.551. The van der Waals surface area contributed by atoms with Crippen LogP contribution in [0.1, 0.15) is 30.4 Å². The van der Waals surface area contributed by atoms with Gasteiger partial charge in [0.2, 0.25) is 0 Å². The van der Waals surface area contributed by atoms with Crippen molar-refractivity contribution < 1.29 is 27.2 Å². The fourth-order valence-electron chi connectivity index (χ4n) is 4.39. The molecule has 1 unspecified atom stereocenters. The van der Waals surface area contributed by atoms with E-state index in [4.69, 9.17) is 4.74 Å². The highest BCUT2D eigenvalue weighted by atomic mass is 19.1. The summed E-state index contributed by atoms with van der Waals surface area (Å²) in [5.41, 5.74) is -1.59. The smallest absolute Gasteiger partial charge is 0.353 e. The highest BCUT2D eigenvalue weighted by molar-refractivity contribution is 5.85. The van der Waals surface area contributed by atoms with E-state index in [-0.39, 0.29) is 11.1 Å². The molecule has 1 fully saturated rings. The monoisotopic (exact) mass is 402 g/mol. The predicted octanol–water partition coefficient (Wildman–Crippen LogP) is 4.62. The zero-order valence-corrected chi connectivity index (χ0v) is 16.4. The summed E-state index contributed by atoms with van der Waals surface area (Å²) in [5.74, 6) is -2.15. The topological polar surface area (TPSA) is 26.3 Å². The summed E-state index contributed by atoms with van der Waals surface area (Å²) in [6.07, 6.45) is 3.84. The van der Waals surface area contributed by atoms with Crippen LogP contribution in [0.4, 0.5) is 13.2 Å². The van der Waals surface area contributed by atoms with Gasteiger partial charge < -0.3 is 4.74 Å². The van der Waals surface area contributed by atoms with E-state index in [1.54, 1.807) is 0 Å². The first-order chi connectivity index (χ1) is 13.7. The number of hydrogen-bond acceptors (Lipinski definition) is 2. The summed E-state index contributed by atoms with van der Waals surface area (Å²) in [4.78, 5) is 13.1. The van der Waals surface area contributed by atoms with Crippen LogP contribution in [0.15, 0.2) is 60.3 Å². The summed E-state index contributed by atoms with van der Waals surface area (Å²) in [6.45, 7) is 0. The molecule has 0 aromatic heterocycles. The van der Waals surface area contributed by atoms with E-state index in [0.29, 0.717) is 18.9 Å². The lowest BCUT2D eigenvalue weighted by Crippen LogP contribution is -2.51. The van der Waals surface area contributed by atoms with E-state index >= 15 is 4.39 Å². The van der Waals surface area contributed by atoms with Crippen LogP contribution >= 0.6 is 0 Å². The molecule has 2 atom stereocenters. The van der Waals surface area contributed by atoms with Crippen LogP contribution < -0.4 is 0 Å². The van der Waals surface area contributed by atoms with Gasteiger partial charge in [-0.15, -0.1) is 0 Å². The van der Waals surface area contributed by atoms with Gasteiger partial charge in [-0.05, 0) is 30.3 Å². The minimum atomic E-state index is -2.66. The van der Waals surface area contributed by atoms with Gasteiger partial charge in [-0.3, -0.25) is 4.48 Å². The molecule has 2 aliphatic rings. The van der Waals surface area contributed by atoms with Gasteiger partial charge in [0, 0.05) is 24.0 Å². The number of benzene rings is 2. The number of fused-ring (bicyclic) bond motifs is 2. The molecule has 1 saturated heterocycles. The number of carbonyl (C=O) groups excluding carboxylic acids is 1. The Kier molecular flexibility index (Phi) is 4.77. The Morgan fingerprint density at radius 3 is 2.00 bits per heavy atom. The van der Waals surface area contributed by atoms with Crippen LogP contribution in [0, 0.1) is 11.6 Å². The van der Waals surface area contributed by atoms with Gasteiger partial charge in [-0.2, -0.15) is 0 Å². The van der Waals surface area contributed by atoms with E-state index in [1.807, 2.05) is 0 Å². The van der Waals surface area contributed by atoms with Crippen LogP contribution in [0.3, 0.4) is 0 Å². The first-order valence-corrected chi connectivity index (χ1v) is 9.66. The van der Waals surface area contributed by atoms with Crippen molar-refractivity contribution in [3.05, 3.63) is 83.1 Å². The lowest BCUT2D eigenvalue weighted by molar-refractivity contribution is -0.878. The first-order valence-electron chi connectivity index (χ1n) is 9.66. The maximum Gasteiger partial charge on any atom is 0.353 e. The number of piperidine rings is 1. The van der Waals surface area contributed by atoms with Crippen LogP contribution in [0.25, 0.3) is 0 Å². The minimum Gasteiger partial charge on any atom is -0.459 e. The summed E-state index contributed by atoms with van der Waals surface area (Å²) in [5, 5.41) is 0. The number of rotatable bonds is 4. The maximum atomic E-state index is 16.3. The van der Waals surface area contributed by atoms with Crippen molar-refractivity contribution in [3.8, 4) is 0 Å². The molecular weight excluding hydrogens is 379 g/mol. The molecule has 2 aromatic carbocycles. The highest BCUT2D eigenvalue weighted by Gasteiger charge is 2.49.